The molecule has 1 fully saturated rings. The van der Waals surface area contributed by atoms with Crippen LogP contribution in [0.3, 0.4) is 0 Å². The van der Waals surface area contributed by atoms with Gasteiger partial charge in [-0.25, -0.2) is 9.59 Å². The number of nitrogens with one attached hydrogen (secondary N) is 2. The van der Waals surface area contributed by atoms with Crippen molar-refractivity contribution in [2.24, 2.45) is 0 Å². The molecule has 7 nitrogen and oxygen atoms in total. The lowest BCUT2D eigenvalue weighted by atomic mass is 10.1. The maximum absolute atomic E-state index is 12.4. The lowest BCUT2D eigenvalue weighted by molar-refractivity contribution is -0.139. The summed E-state index contributed by atoms with van der Waals surface area (Å²) in [5.41, 5.74) is 1.59. The van der Waals surface area contributed by atoms with Crippen molar-refractivity contribution in [2.45, 2.75) is 64.0 Å². The molecular weight excluding hydrogens is 334 g/mol. The minimum Gasteiger partial charge on any atom is -0.480 e. The summed E-state index contributed by atoms with van der Waals surface area (Å²) in [5.74, 6) is -1.47. The Balaban J connectivity index is 1.83. The second kappa shape index (κ2) is 7.76. The number of aliphatic carboxylic acids is 1. The number of amides is 1. The number of unbranched alkanes of at least 4 members (excludes halogenated alkanes) is 1. The van der Waals surface area contributed by atoms with Crippen LogP contribution >= 0.6 is 0 Å². The molecule has 1 aliphatic rings. The summed E-state index contributed by atoms with van der Waals surface area (Å²) in [6.45, 7) is 1.97. The van der Waals surface area contributed by atoms with Crippen molar-refractivity contribution < 1.29 is 14.7 Å². The van der Waals surface area contributed by atoms with Crippen LogP contribution in [-0.2, 0) is 4.79 Å². The van der Waals surface area contributed by atoms with Crippen molar-refractivity contribution in [3.63, 3.8) is 0 Å². The van der Waals surface area contributed by atoms with Crippen LogP contribution in [0, 0.1) is 0 Å². The lowest BCUT2D eigenvalue weighted by Crippen LogP contribution is -2.40. The predicted molar refractivity (Wildman–Crippen MR) is 98.5 cm³/mol. The van der Waals surface area contributed by atoms with E-state index in [0.717, 1.165) is 44.0 Å². The number of carboxylic acids is 1. The third-order valence-corrected chi connectivity index (χ3v) is 5.12. The molecule has 1 amide bonds. The van der Waals surface area contributed by atoms with Crippen molar-refractivity contribution in [1.82, 2.24) is 14.9 Å². The molecule has 0 radical (unpaired) electrons. The molecule has 2 aromatic rings. The van der Waals surface area contributed by atoms with Gasteiger partial charge in [-0.2, -0.15) is 0 Å². The molecule has 1 aromatic heterocycles. The smallest absolute Gasteiger partial charge is 0.326 e. The number of aromatic amines is 1. The first-order chi connectivity index (χ1) is 12.5. The number of carbonyl (C=O) groups excluding carboxylic acids is 1. The van der Waals surface area contributed by atoms with Crippen LogP contribution in [0.1, 0.15) is 68.3 Å². The van der Waals surface area contributed by atoms with Crippen LogP contribution in [0.2, 0.25) is 0 Å². The molecule has 1 saturated carbocycles. The van der Waals surface area contributed by atoms with Crippen LogP contribution in [0.15, 0.2) is 23.0 Å². The monoisotopic (exact) mass is 359 g/mol. The van der Waals surface area contributed by atoms with Crippen LogP contribution in [-0.4, -0.2) is 32.6 Å². The van der Waals surface area contributed by atoms with Crippen LogP contribution in [0.25, 0.3) is 11.0 Å². The Kier molecular flexibility index (Phi) is 5.44. The van der Waals surface area contributed by atoms with Crippen LogP contribution < -0.4 is 11.0 Å². The quantitative estimate of drug-likeness (QED) is 0.707. The van der Waals surface area contributed by atoms with E-state index in [-0.39, 0.29) is 11.7 Å². The maximum atomic E-state index is 12.4. The molecule has 1 atom stereocenters. The molecule has 1 aliphatic carbocycles. The number of nitrogens with zero attached hydrogens (tertiary/aromatic N) is 1. The first-order valence-electron chi connectivity index (χ1n) is 9.29. The minimum atomic E-state index is -1.03. The second-order valence-corrected chi connectivity index (χ2v) is 6.98. The molecule has 0 saturated heterocycles. The predicted octanol–water partition coefficient (Wildman–Crippen LogP) is 2.82. The van der Waals surface area contributed by atoms with Gasteiger partial charge in [-0.3, -0.25) is 9.36 Å². The summed E-state index contributed by atoms with van der Waals surface area (Å²) in [6, 6.07) is 4.34. The number of fused-ring (bicyclic) bond motifs is 1. The Bertz CT molecular complexity index is 861. The van der Waals surface area contributed by atoms with Crippen LogP contribution in [0.4, 0.5) is 0 Å². The highest BCUT2D eigenvalue weighted by Gasteiger charge is 2.23. The van der Waals surface area contributed by atoms with E-state index >= 15 is 0 Å². The highest BCUT2D eigenvalue weighted by molar-refractivity contribution is 5.99. The number of carbonyl (C=O) groups is 2. The average molecular weight is 359 g/mol. The molecule has 1 aromatic carbocycles. The van der Waals surface area contributed by atoms with E-state index in [1.54, 1.807) is 22.8 Å². The average Bonchev–Trinajstić information content (AvgIpc) is 3.23. The van der Waals surface area contributed by atoms with Gasteiger partial charge < -0.3 is 15.4 Å². The number of rotatable bonds is 7. The number of H-pyrrole nitrogens is 1. The molecule has 0 bridgehead atoms. The van der Waals surface area contributed by atoms with Gasteiger partial charge in [-0.15, -0.1) is 0 Å². The summed E-state index contributed by atoms with van der Waals surface area (Å²) >= 11 is 0. The van der Waals surface area contributed by atoms with Gasteiger partial charge in [0, 0.05) is 11.6 Å². The summed E-state index contributed by atoms with van der Waals surface area (Å²) < 4.78 is 1.78. The molecule has 140 valence electrons. The van der Waals surface area contributed by atoms with Gasteiger partial charge >= 0.3 is 11.7 Å². The SMILES string of the molecule is CCCC[C@H](NC(=O)c1ccc2c(c1)[nH]c(=O)n2C1CCCC1)C(=O)O. The topological polar surface area (TPSA) is 104 Å². The van der Waals surface area contributed by atoms with Gasteiger partial charge in [-0.05, 0) is 37.5 Å². The number of aromatic nitrogens is 2. The third-order valence-electron chi connectivity index (χ3n) is 5.12. The summed E-state index contributed by atoms with van der Waals surface area (Å²) in [4.78, 5) is 38.9. The number of hydrogen-bond donors (Lipinski definition) is 3. The summed E-state index contributed by atoms with van der Waals surface area (Å²) in [7, 11) is 0. The molecule has 7 heteroatoms. The zero-order valence-electron chi connectivity index (χ0n) is 15.0. The molecule has 0 spiro atoms. The van der Waals surface area contributed by atoms with Crippen molar-refractivity contribution in [1.29, 1.82) is 0 Å². The standard InChI is InChI=1S/C19H25N3O4/c1-2-3-8-14(18(24)25)20-17(23)12-9-10-16-15(11-12)21-19(26)22(16)13-6-4-5-7-13/h9-11,13-14H,2-8H2,1H3,(H,20,23)(H,21,26)(H,24,25)/t14-/m0/s1. The number of hydrogen-bond acceptors (Lipinski definition) is 3. The van der Waals surface area contributed by atoms with Gasteiger partial charge in [0.1, 0.15) is 6.04 Å². The Morgan fingerprint density at radius 1 is 1.35 bits per heavy atom. The zero-order chi connectivity index (χ0) is 18.7. The number of carboxylic acid groups (broad SMARTS) is 1. The molecule has 1 heterocycles. The van der Waals surface area contributed by atoms with Crippen LogP contribution in [0.5, 0.6) is 0 Å². The van der Waals surface area contributed by atoms with Gasteiger partial charge in [0.25, 0.3) is 5.91 Å². The summed E-state index contributed by atoms with van der Waals surface area (Å²) in [6.07, 6.45) is 6.22. The molecular formula is C19H25N3O4. The molecule has 3 N–H and O–H groups in total. The highest BCUT2D eigenvalue weighted by atomic mass is 16.4. The fourth-order valence-electron chi connectivity index (χ4n) is 3.70. The first kappa shape index (κ1) is 18.2. The zero-order valence-corrected chi connectivity index (χ0v) is 15.0. The van der Waals surface area contributed by atoms with E-state index in [0.29, 0.717) is 17.5 Å². The van der Waals surface area contributed by atoms with Gasteiger partial charge in [-0.1, -0.05) is 32.6 Å². The Labute approximate surface area is 151 Å². The van der Waals surface area contributed by atoms with Gasteiger partial charge in [0.2, 0.25) is 0 Å². The van der Waals surface area contributed by atoms with Crippen molar-refractivity contribution >= 4 is 22.9 Å². The first-order valence-corrected chi connectivity index (χ1v) is 9.29. The molecule has 3 rings (SSSR count). The van der Waals surface area contributed by atoms with E-state index in [9.17, 15) is 19.5 Å². The van der Waals surface area contributed by atoms with Crippen molar-refractivity contribution in [2.75, 3.05) is 0 Å². The number of imidazole rings is 1. The highest BCUT2D eigenvalue weighted by Crippen LogP contribution is 2.30. The number of benzene rings is 1. The minimum absolute atomic E-state index is 0.157. The van der Waals surface area contributed by atoms with E-state index < -0.39 is 17.9 Å². The van der Waals surface area contributed by atoms with Gasteiger partial charge in [0.15, 0.2) is 0 Å². The largest absolute Gasteiger partial charge is 0.480 e. The normalized spacial score (nSPS) is 16.0. The second-order valence-electron chi connectivity index (χ2n) is 6.98. The van der Waals surface area contributed by atoms with Crippen molar-refractivity contribution in [3.05, 3.63) is 34.2 Å². The summed E-state index contributed by atoms with van der Waals surface area (Å²) in [5, 5.41) is 11.8. The lowest BCUT2D eigenvalue weighted by Gasteiger charge is -2.14. The van der Waals surface area contributed by atoms with E-state index in [1.165, 1.54) is 0 Å². The molecule has 0 aliphatic heterocycles. The fourth-order valence-corrected chi connectivity index (χ4v) is 3.70. The van der Waals surface area contributed by atoms with E-state index in [2.05, 4.69) is 10.3 Å². The Morgan fingerprint density at radius 3 is 2.73 bits per heavy atom. The van der Waals surface area contributed by atoms with E-state index in [4.69, 9.17) is 0 Å². The fraction of sp³-hybridized carbons (Fsp3) is 0.526. The molecule has 0 unspecified atom stereocenters. The third kappa shape index (κ3) is 3.66. The molecule has 26 heavy (non-hydrogen) atoms. The Morgan fingerprint density at radius 2 is 2.08 bits per heavy atom. The van der Waals surface area contributed by atoms with Crippen molar-refractivity contribution in [3.8, 4) is 0 Å². The van der Waals surface area contributed by atoms with E-state index in [1.807, 2.05) is 6.92 Å². The maximum Gasteiger partial charge on any atom is 0.326 e. The van der Waals surface area contributed by atoms with Gasteiger partial charge in [0.05, 0.1) is 11.0 Å². The Hall–Kier alpha value is -2.57.